The summed E-state index contributed by atoms with van der Waals surface area (Å²) in [5.74, 6) is 4.68. The van der Waals surface area contributed by atoms with Crippen molar-refractivity contribution in [2.45, 2.75) is 44.1 Å². The van der Waals surface area contributed by atoms with Crippen LogP contribution in [0.25, 0.3) is 0 Å². The predicted molar refractivity (Wildman–Crippen MR) is 60.1 cm³/mol. The predicted octanol–water partition coefficient (Wildman–Crippen LogP) is 3.25. The van der Waals surface area contributed by atoms with Gasteiger partial charge in [0.15, 0.2) is 0 Å². The van der Waals surface area contributed by atoms with Crippen LogP contribution in [0, 0.1) is 17.8 Å². The molecule has 4 aliphatic carbocycles. The molecule has 4 aliphatic rings. The van der Waals surface area contributed by atoms with Gasteiger partial charge in [0.2, 0.25) is 0 Å². The molecule has 0 spiro atoms. The average Bonchev–Trinajstić information content (AvgIpc) is 2.12. The highest BCUT2D eigenvalue weighted by atomic mass is 32.2. The van der Waals surface area contributed by atoms with E-state index in [-0.39, 0.29) is 0 Å². The molecular formula is C12H19OS. The van der Waals surface area contributed by atoms with Crippen molar-refractivity contribution in [3.8, 4) is 0 Å². The van der Waals surface area contributed by atoms with Crippen molar-refractivity contribution in [3.05, 3.63) is 5.92 Å². The summed E-state index contributed by atoms with van der Waals surface area (Å²) >= 11 is 1.82. The first-order chi connectivity index (χ1) is 6.80. The van der Waals surface area contributed by atoms with E-state index in [4.69, 9.17) is 4.74 Å². The average molecular weight is 211 g/mol. The molecule has 1 radical (unpaired) electrons. The first-order valence-electron chi connectivity index (χ1n) is 5.76. The largest absolute Gasteiger partial charge is 0.364 e. The van der Waals surface area contributed by atoms with Gasteiger partial charge < -0.3 is 4.74 Å². The number of ether oxygens (including phenoxy) is 1. The van der Waals surface area contributed by atoms with Crippen molar-refractivity contribution in [1.82, 2.24) is 0 Å². The fraction of sp³-hybridized carbons (Fsp3) is 0.917. The van der Waals surface area contributed by atoms with Crippen LogP contribution in [0.15, 0.2) is 0 Å². The Labute approximate surface area is 91.0 Å². The third-order valence-corrected chi connectivity index (χ3v) is 4.55. The molecule has 4 bridgehead atoms. The lowest BCUT2D eigenvalue weighted by molar-refractivity contribution is -0.117. The summed E-state index contributed by atoms with van der Waals surface area (Å²) in [5, 5.41) is 0. The van der Waals surface area contributed by atoms with Gasteiger partial charge in [-0.1, -0.05) is 0 Å². The Balaban J connectivity index is 1.74. The Hall–Kier alpha value is 0.310. The minimum Gasteiger partial charge on any atom is -0.364 e. The summed E-state index contributed by atoms with van der Waals surface area (Å²) in [5.41, 5.74) is 0.294. The minimum atomic E-state index is 0.294. The van der Waals surface area contributed by atoms with E-state index in [1.54, 1.807) is 0 Å². The van der Waals surface area contributed by atoms with Crippen LogP contribution in [-0.4, -0.2) is 17.8 Å². The van der Waals surface area contributed by atoms with Gasteiger partial charge >= 0.3 is 0 Å². The molecule has 0 aliphatic heterocycles. The lowest BCUT2D eigenvalue weighted by Crippen LogP contribution is -2.51. The standard InChI is InChI=1S/C12H19OS/c1-14-8-13-12-5-9-2-10(6-12)4-11(3-9)7-12/h9-10H,2-8H2,1H3. The van der Waals surface area contributed by atoms with Crippen LogP contribution in [0.3, 0.4) is 0 Å². The molecular weight excluding hydrogens is 192 g/mol. The van der Waals surface area contributed by atoms with Gasteiger partial charge in [-0.25, -0.2) is 0 Å². The van der Waals surface area contributed by atoms with Gasteiger partial charge in [0.1, 0.15) is 0 Å². The third kappa shape index (κ3) is 1.51. The number of rotatable bonds is 3. The molecule has 0 heterocycles. The highest BCUT2D eigenvalue weighted by molar-refractivity contribution is 7.98. The summed E-state index contributed by atoms with van der Waals surface area (Å²) < 4.78 is 6.13. The van der Waals surface area contributed by atoms with Gasteiger partial charge in [0, 0.05) is 0 Å². The lowest BCUT2D eigenvalue weighted by atomic mass is 9.54. The Kier molecular flexibility index (Phi) is 2.32. The molecule has 0 N–H and O–H groups in total. The van der Waals surface area contributed by atoms with E-state index >= 15 is 0 Å². The molecule has 2 atom stereocenters. The van der Waals surface area contributed by atoms with Crippen molar-refractivity contribution in [2.24, 2.45) is 11.8 Å². The Morgan fingerprint density at radius 3 is 2.64 bits per heavy atom. The maximum absolute atomic E-state index is 6.13. The molecule has 4 fully saturated rings. The highest BCUT2D eigenvalue weighted by Gasteiger charge is 2.51. The van der Waals surface area contributed by atoms with Gasteiger partial charge in [-0.2, -0.15) is 0 Å². The normalized spacial score (nSPS) is 46.1. The Morgan fingerprint density at radius 1 is 1.36 bits per heavy atom. The van der Waals surface area contributed by atoms with Crippen molar-refractivity contribution in [3.63, 3.8) is 0 Å². The van der Waals surface area contributed by atoms with E-state index < -0.39 is 0 Å². The second kappa shape index (κ2) is 3.41. The zero-order valence-corrected chi connectivity index (χ0v) is 9.74. The lowest BCUT2D eigenvalue weighted by Gasteiger charge is -2.56. The fourth-order valence-electron chi connectivity index (χ4n) is 4.08. The van der Waals surface area contributed by atoms with E-state index in [1.807, 2.05) is 17.7 Å². The second-order valence-electron chi connectivity index (χ2n) is 5.44. The van der Waals surface area contributed by atoms with Crippen LogP contribution in [0.2, 0.25) is 0 Å². The quantitative estimate of drug-likeness (QED) is 0.663. The van der Waals surface area contributed by atoms with Crippen LogP contribution in [0.5, 0.6) is 0 Å². The Bertz CT molecular complexity index is 191. The van der Waals surface area contributed by atoms with Crippen LogP contribution < -0.4 is 0 Å². The maximum atomic E-state index is 6.13. The van der Waals surface area contributed by atoms with Gasteiger partial charge in [-0.05, 0) is 62.5 Å². The molecule has 0 aromatic heterocycles. The first kappa shape index (κ1) is 9.53. The summed E-state index contributed by atoms with van der Waals surface area (Å²) in [6, 6.07) is 0. The fourth-order valence-corrected chi connectivity index (χ4v) is 4.45. The number of hydrogen-bond donors (Lipinski definition) is 0. The Morgan fingerprint density at radius 2 is 2.07 bits per heavy atom. The smallest absolute Gasteiger partial charge is 0.0925 e. The minimum absolute atomic E-state index is 0.294. The molecule has 4 saturated carbocycles. The molecule has 0 aromatic rings. The molecule has 14 heavy (non-hydrogen) atoms. The third-order valence-electron chi connectivity index (χ3n) is 4.20. The van der Waals surface area contributed by atoms with E-state index in [0.29, 0.717) is 5.60 Å². The molecule has 79 valence electrons. The molecule has 2 heteroatoms. The second-order valence-corrected chi connectivity index (χ2v) is 6.26. The zero-order valence-electron chi connectivity index (χ0n) is 8.92. The topological polar surface area (TPSA) is 9.23 Å². The van der Waals surface area contributed by atoms with Gasteiger partial charge in [-0.3, -0.25) is 0 Å². The molecule has 0 aromatic carbocycles. The van der Waals surface area contributed by atoms with Crippen molar-refractivity contribution >= 4 is 11.8 Å². The molecule has 0 saturated heterocycles. The highest BCUT2D eigenvalue weighted by Crippen LogP contribution is 2.58. The summed E-state index contributed by atoms with van der Waals surface area (Å²) in [6.07, 6.45) is 10.5. The maximum Gasteiger partial charge on any atom is 0.0925 e. The molecule has 4 rings (SSSR count). The van der Waals surface area contributed by atoms with Gasteiger partial charge in [0.25, 0.3) is 0 Å². The number of hydrogen-bond acceptors (Lipinski definition) is 2. The zero-order chi connectivity index (χ0) is 9.60. The van der Waals surface area contributed by atoms with E-state index in [0.717, 1.165) is 17.8 Å². The van der Waals surface area contributed by atoms with E-state index in [1.165, 1.54) is 38.5 Å². The number of thioether (sulfide) groups is 1. The van der Waals surface area contributed by atoms with Crippen molar-refractivity contribution in [2.75, 3.05) is 12.2 Å². The molecule has 1 nitrogen and oxygen atoms in total. The SMILES string of the molecule is CSCOC12C[C]3CC(CC(C3)C1)C2. The van der Waals surface area contributed by atoms with Crippen LogP contribution in [0.1, 0.15) is 38.5 Å². The summed E-state index contributed by atoms with van der Waals surface area (Å²) in [6.45, 7) is 0. The first-order valence-corrected chi connectivity index (χ1v) is 7.15. The van der Waals surface area contributed by atoms with E-state index in [9.17, 15) is 0 Å². The summed E-state index contributed by atoms with van der Waals surface area (Å²) in [7, 11) is 0. The van der Waals surface area contributed by atoms with Gasteiger partial charge in [0.05, 0.1) is 11.5 Å². The van der Waals surface area contributed by atoms with Crippen LogP contribution in [-0.2, 0) is 4.74 Å². The van der Waals surface area contributed by atoms with Crippen LogP contribution >= 0.6 is 11.8 Å². The van der Waals surface area contributed by atoms with Crippen LogP contribution in [0.4, 0.5) is 0 Å². The summed E-state index contributed by atoms with van der Waals surface area (Å²) in [4.78, 5) is 0. The monoisotopic (exact) mass is 211 g/mol. The molecule has 2 unspecified atom stereocenters. The van der Waals surface area contributed by atoms with E-state index in [2.05, 4.69) is 6.26 Å². The molecule has 0 amide bonds. The van der Waals surface area contributed by atoms with Crippen molar-refractivity contribution < 1.29 is 4.74 Å². The van der Waals surface area contributed by atoms with Gasteiger partial charge in [-0.15, -0.1) is 11.8 Å². The van der Waals surface area contributed by atoms with Crippen molar-refractivity contribution in [1.29, 1.82) is 0 Å².